The number of likely N-dealkylation sites (tertiary alicyclic amines) is 2. The molecule has 2 heterocycles. The molecule has 2 fully saturated rings. The van der Waals surface area contributed by atoms with Crippen molar-refractivity contribution in [2.45, 2.75) is 47.1 Å². The van der Waals surface area contributed by atoms with Gasteiger partial charge in [-0.05, 0) is 26.2 Å². The molecule has 2 aliphatic heterocycles. The summed E-state index contributed by atoms with van der Waals surface area (Å²) in [6.07, 6.45) is 0. The summed E-state index contributed by atoms with van der Waals surface area (Å²) >= 11 is 0. The van der Waals surface area contributed by atoms with E-state index < -0.39 is 0 Å². The molecule has 0 aromatic carbocycles. The third kappa shape index (κ3) is 5.80. The molecule has 0 saturated carbocycles. The minimum atomic E-state index is -0.0110. The number of hydrogen-bond donors (Lipinski definition) is 0. The van der Waals surface area contributed by atoms with Gasteiger partial charge in [0.1, 0.15) is 0 Å². The van der Waals surface area contributed by atoms with Crippen molar-refractivity contribution in [2.24, 2.45) is 10.8 Å². The molecule has 0 atom stereocenters. The average molecular weight is 312 g/mol. The summed E-state index contributed by atoms with van der Waals surface area (Å²) in [4.78, 5) is 5.06. The lowest BCUT2D eigenvalue weighted by molar-refractivity contribution is -0.129. The topological polar surface area (TPSA) is 24.9 Å². The first kappa shape index (κ1) is 18.2. The molecule has 4 nitrogen and oxygen atoms in total. The van der Waals surface area contributed by atoms with E-state index in [2.05, 4.69) is 51.3 Å². The minimum absolute atomic E-state index is 0.0110. The lowest BCUT2D eigenvalue weighted by atomic mass is 9.73. The van der Waals surface area contributed by atoms with E-state index in [1.54, 1.807) is 0 Å². The smallest absolute Gasteiger partial charge is 0.0600 e. The summed E-state index contributed by atoms with van der Waals surface area (Å²) in [7, 11) is 0. The Morgan fingerprint density at radius 1 is 0.818 bits per heavy atom. The van der Waals surface area contributed by atoms with Crippen molar-refractivity contribution in [2.75, 3.05) is 59.1 Å². The maximum absolute atomic E-state index is 5.80. The lowest BCUT2D eigenvalue weighted by Gasteiger charge is -2.60. The van der Waals surface area contributed by atoms with Gasteiger partial charge in [-0.25, -0.2) is 0 Å². The SMILES string of the molecule is CC(C)(C)COCCN1CC2(C1)CN(CCOC(C)(C)C)C2. The van der Waals surface area contributed by atoms with E-state index in [0.717, 1.165) is 32.9 Å². The number of nitrogens with zero attached hydrogens (tertiary/aromatic N) is 2. The van der Waals surface area contributed by atoms with Gasteiger partial charge in [-0.1, -0.05) is 20.8 Å². The van der Waals surface area contributed by atoms with Crippen LogP contribution in [0, 0.1) is 10.8 Å². The van der Waals surface area contributed by atoms with Crippen LogP contribution in [-0.2, 0) is 9.47 Å². The molecule has 2 saturated heterocycles. The van der Waals surface area contributed by atoms with E-state index in [0.29, 0.717) is 5.41 Å². The van der Waals surface area contributed by atoms with Crippen molar-refractivity contribution < 1.29 is 9.47 Å². The van der Waals surface area contributed by atoms with Gasteiger partial charge in [0.25, 0.3) is 0 Å². The van der Waals surface area contributed by atoms with Crippen LogP contribution in [-0.4, -0.2) is 74.5 Å². The molecule has 0 amide bonds. The minimum Gasteiger partial charge on any atom is -0.380 e. The van der Waals surface area contributed by atoms with Crippen LogP contribution in [0.1, 0.15) is 41.5 Å². The second-order valence-electron chi connectivity index (χ2n) is 9.50. The van der Waals surface area contributed by atoms with E-state index in [4.69, 9.17) is 9.47 Å². The Kier molecular flexibility index (Phi) is 5.59. The van der Waals surface area contributed by atoms with Gasteiger partial charge in [-0.3, -0.25) is 9.80 Å². The lowest BCUT2D eigenvalue weighted by Crippen LogP contribution is -2.72. The third-order valence-corrected chi connectivity index (χ3v) is 4.27. The predicted octanol–water partition coefficient (Wildman–Crippen LogP) is 2.48. The fourth-order valence-corrected chi connectivity index (χ4v) is 3.37. The number of rotatable bonds is 7. The first-order valence-electron chi connectivity index (χ1n) is 8.74. The van der Waals surface area contributed by atoms with Crippen LogP contribution in [0.2, 0.25) is 0 Å². The molecule has 0 unspecified atom stereocenters. The first-order chi connectivity index (χ1) is 10.1. The summed E-state index contributed by atoms with van der Waals surface area (Å²) < 4.78 is 11.6. The highest BCUT2D eigenvalue weighted by Crippen LogP contribution is 2.39. The molecule has 0 radical (unpaired) electrons. The van der Waals surface area contributed by atoms with Crippen LogP contribution >= 0.6 is 0 Å². The normalized spacial score (nSPS) is 22.6. The first-order valence-corrected chi connectivity index (χ1v) is 8.74. The maximum atomic E-state index is 5.80. The molecule has 0 aromatic heterocycles. The summed E-state index contributed by atoms with van der Waals surface area (Å²) in [6.45, 7) is 22.8. The van der Waals surface area contributed by atoms with E-state index in [9.17, 15) is 0 Å². The van der Waals surface area contributed by atoms with Crippen molar-refractivity contribution >= 4 is 0 Å². The number of ether oxygens (including phenoxy) is 2. The van der Waals surface area contributed by atoms with Crippen molar-refractivity contribution in [1.29, 1.82) is 0 Å². The van der Waals surface area contributed by atoms with Crippen molar-refractivity contribution in [3.8, 4) is 0 Å². The van der Waals surface area contributed by atoms with Gasteiger partial charge < -0.3 is 9.47 Å². The molecule has 2 aliphatic rings. The quantitative estimate of drug-likeness (QED) is 0.674. The molecule has 0 bridgehead atoms. The second kappa shape index (κ2) is 6.76. The van der Waals surface area contributed by atoms with Gasteiger partial charge in [-0.2, -0.15) is 0 Å². The van der Waals surface area contributed by atoms with Crippen molar-refractivity contribution in [3.05, 3.63) is 0 Å². The van der Waals surface area contributed by atoms with Crippen molar-refractivity contribution in [3.63, 3.8) is 0 Å². The third-order valence-electron chi connectivity index (χ3n) is 4.27. The van der Waals surface area contributed by atoms with Crippen LogP contribution in [0.4, 0.5) is 0 Å². The molecule has 2 rings (SSSR count). The van der Waals surface area contributed by atoms with Crippen LogP contribution in [0.25, 0.3) is 0 Å². The summed E-state index contributed by atoms with van der Waals surface area (Å²) in [5.41, 5.74) is 0.856. The maximum Gasteiger partial charge on any atom is 0.0600 e. The average Bonchev–Trinajstić information content (AvgIpc) is 2.23. The van der Waals surface area contributed by atoms with Gasteiger partial charge in [0, 0.05) is 44.7 Å². The van der Waals surface area contributed by atoms with Gasteiger partial charge in [0.15, 0.2) is 0 Å². The molecular formula is C18H36N2O2. The fourth-order valence-electron chi connectivity index (χ4n) is 3.37. The molecule has 0 N–H and O–H groups in total. The monoisotopic (exact) mass is 312 g/mol. The van der Waals surface area contributed by atoms with E-state index >= 15 is 0 Å². The Bertz CT molecular complexity index is 343. The Labute approximate surface area is 137 Å². The zero-order chi connectivity index (χ0) is 16.4. The Morgan fingerprint density at radius 2 is 1.32 bits per heavy atom. The summed E-state index contributed by atoms with van der Waals surface area (Å²) in [5.74, 6) is 0. The Morgan fingerprint density at radius 3 is 1.77 bits per heavy atom. The molecule has 1 spiro atoms. The summed E-state index contributed by atoms with van der Waals surface area (Å²) in [6, 6.07) is 0. The number of hydrogen-bond acceptors (Lipinski definition) is 4. The Balaban J connectivity index is 1.48. The molecular weight excluding hydrogens is 276 g/mol. The Hall–Kier alpha value is -0.160. The van der Waals surface area contributed by atoms with Crippen LogP contribution in [0.3, 0.4) is 0 Å². The highest BCUT2D eigenvalue weighted by Gasteiger charge is 2.50. The molecule has 130 valence electrons. The molecule has 0 aromatic rings. The van der Waals surface area contributed by atoms with Gasteiger partial charge >= 0.3 is 0 Å². The zero-order valence-corrected chi connectivity index (χ0v) is 15.6. The fraction of sp³-hybridized carbons (Fsp3) is 1.00. The second-order valence-corrected chi connectivity index (χ2v) is 9.50. The van der Waals surface area contributed by atoms with Gasteiger partial charge in [0.2, 0.25) is 0 Å². The predicted molar refractivity (Wildman–Crippen MR) is 91.3 cm³/mol. The highest BCUT2D eigenvalue weighted by molar-refractivity contribution is 5.05. The van der Waals surface area contributed by atoms with E-state index in [1.165, 1.54) is 26.2 Å². The van der Waals surface area contributed by atoms with Crippen LogP contribution < -0.4 is 0 Å². The largest absolute Gasteiger partial charge is 0.380 e. The van der Waals surface area contributed by atoms with E-state index in [-0.39, 0.29) is 11.0 Å². The van der Waals surface area contributed by atoms with E-state index in [1.807, 2.05) is 0 Å². The van der Waals surface area contributed by atoms with Gasteiger partial charge in [0.05, 0.1) is 25.4 Å². The van der Waals surface area contributed by atoms with Crippen LogP contribution in [0.5, 0.6) is 0 Å². The highest BCUT2D eigenvalue weighted by atomic mass is 16.5. The summed E-state index contributed by atoms with van der Waals surface area (Å²) in [5, 5.41) is 0. The standard InChI is InChI=1S/C18H36N2O2/c1-16(2,3)15-21-9-7-19-11-18(12-19)13-20(14-18)8-10-22-17(4,5)6/h7-15H2,1-6H3. The molecule has 22 heavy (non-hydrogen) atoms. The molecule has 4 heteroatoms. The van der Waals surface area contributed by atoms with Crippen LogP contribution in [0.15, 0.2) is 0 Å². The molecule has 0 aliphatic carbocycles. The van der Waals surface area contributed by atoms with Crippen molar-refractivity contribution in [1.82, 2.24) is 9.80 Å². The van der Waals surface area contributed by atoms with Gasteiger partial charge in [-0.15, -0.1) is 0 Å². The zero-order valence-electron chi connectivity index (χ0n) is 15.6.